The van der Waals surface area contributed by atoms with Crippen molar-refractivity contribution in [3.05, 3.63) is 29.8 Å². The molecule has 4 heteroatoms. The molecule has 0 aromatic heterocycles. The Morgan fingerprint density at radius 1 is 1.37 bits per heavy atom. The fraction of sp³-hybridized carbons (Fsp3) is 0.533. The third-order valence-corrected chi connectivity index (χ3v) is 4.82. The highest BCUT2D eigenvalue weighted by Crippen LogP contribution is 2.43. The van der Waals surface area contributed by atoms with Gasteiger partial charge in [-0.15, -0.1) is 0 Å². The van der Waals surface area contributed by atoms with E-state index in [0.29, 0.717) is 17.4 Å². The molecule has 1 aromatic carbocycles. The van der Waals surface area contributed by atoms with Gasteiger partial charge in [0.15, 0.2) is 0 Å². The van der Waals surface area contributed by atoms with Gasteiger partial charge in [-0.25, -0.2) is 0 Å². The molecular weight excluding hydrogens is 238 g/mol. The Bertz CT molecular complexity index is 512. The lowest BCUT2D eigenvalue weighted by atomic mass is 9.84. The molecule has 0 aliphatic carbocycles. The first-order valence-electron chi connectivity index (χ1n) is 6.89. The summed E-state index contributed by atoms with van der Waals surface area (Å²) < 4.78 is 0. The Morgan fingerprint density at radius 3 is 2.79 bits per heavy atom. The van der Waals surface area contributed by atoms with Crippen molar-refractivity contribution < 1.29 is 4.79 Å². The summed E-state index contributed by atoms with van der Waals surface area (Å²) in [7, 11) is 0. The summed E-state index contributed by atoms with van der Waals surface area (Å²) in [5.74, 6) is 0.950. The highest BCUT2D eigenvalue weighted by Gasteiger charge is 2.50. The molecule has 0 bridgehead atoms. The summed E-state index contributed by atoms with van der Waals surface area (Å²) in [5, 5.41) is 3.47. The van der Waals surface area contributed by atoms with E-state index in [4.69, 9.17) is 5.73 Å². The first-order chi connectivity index (χ1) is 9.01. The fourth-order valence-corrected chi connectivity index (χ4v) is 3.75. The van der Waals surface area contributed by atoms with Crippen LogP contribution >= 0.6 is 0 Å². The van der Waals surface area contributed by atoms with Crippen LogP contribution in [0, 0.1) is 11.8 Å². The monoisotopic (exact) mass is 259 g/mol. The van der Waals surface area contributed by atoms with E-state index < -0.39 is 0 Å². The minimum Gasteiger partial charge on any atom is -0.366 e. The van der Waals surface area contributed by atoms with E-state index in [2.05, 4.69) is 24.1 Å². The van der Waals surface area contributed by atoms with Gasteiger partial charge >= 0.3 is 0 Å². The normalized spacial score (nSPS) is 28.4. The SMILES string of the molecule is CC1(C)C2CNCC2CN1c1ccccc1C(N)=O. The number of amides is 1. The van der Waals surface area contributed by atoms with Crippen molar-refractivity contribution in [2.45, 2.75) is 19.4 Å². The summed E-state index contributed by atoms with van der Waals surface area (Å²) in [6, 6.07) is 7.68. The van der Waals surface area contributed by atoms with Gasteiger partial charge in [0, 0.05) is 30.9 Å². The number of primary amides is 1. The molecule has 2 saturated heterocycles. The molecule has 3 N–H and O–H groups in total. The molecule has 2 aliphatic rings. The lowest BCUT2D eigenvalue weighted by Gasteiger charge is -2.38. The molecule has 2 unspecified atom stereocenters. The predicted molar refractivity (Wildman–Crippen MR) is 76.2 cm³/mol. The summed E-state index contributed by atoms with van der Waals surface area (Å²) in [6.45, 7) is 7.66. The van der Waals surface area contributed by atoms with E-state index in [-0.39, 0.29) is 11.4 Å². The second-order valence-electron chi connectivity index (χ2n) is 6.17. The summed E-state index contributed by atoms with van der Waals surface area (Å²) in [6.07, 6.45) is 0. The highest BCUT2D eigenvalue weighted by atomic mass is 16.1. The first kappa shape index (κ1) is 12.5. The number of rotatable bonds is 2. The average Bonchev–Trinajstić information content (AvgIpc) is 2.92. The van der Waals surface area contributed by atoms with Crippen LogP contribution in [0.3, 0.4) is 0 Å². The smallest absolute Gasteiger partial charge is 0.250 e. The topological polar surface area (TPSA) is 58.4 Å². The molecule has 2 atom stereocenters. The molecule has 1 amide bonds. The summed E-state index contributed by atoms with van der Waals surface area (Å²) in [4.78, 5) is 14.0. The molecule has 2 heterocycles. The van der Waals surface area contributed by atoms with Crippen molar-refractivity contribution in [1.82, 2.24) is 5.32 Å². The first-order valence-corrected chi connectivity index (χ1v) is 6.89. The van der Waals surface area contributed by atoms with E-state index >= 15 is 0 Å². The predicted octanol–water partition coefficient (Wildman–Crippen LogP) is 1.22. The number of hydrogen-bond acceptors (Lipinski definition) is 3. The quantitative estimate of drug-likeness (QED) is 0.839. The minimum atomic E-state index is -0.346. The molecule has 1 aromatic rings. The molecule has 0 saturated carbocycles. The van der Waals surface area contributed by atoms with Crippen LogP contribution in [-0.2, 0) is 0 Å². The van der Waals surface area contributed by atoms with Crippen LogP contribution in [0.15, 0.2) is 24.3 Å². The van der Waals surface area contributed by atoms with Gasteiger partial charge in [-0.3, -0.25) is 4.79 Å². The number of anilines is 1. The van der Waals surface area contributed by atoms with Crippen LogP contribution in [-0.4, -0.2) is 31.1 Å². The zero-order valence-corrected chi connectivity index (χ0v) is 11.5. The molecule has 3 rings (SSSR count). The lowest BCUT2D eigenvalue weighted by Crippen LogP contribution is -2.45. The standard InChI is InChI=1S/C15H21N3O/c1-15(2)12-8-17-7-10(12)9-18(15)13-6-4-3-5-11(13)14(16)19/h3-6,10,12,17H,7-9H2,1-2H3,(H2,16,19). The number of carbonyl (C=O) groups excluding carboxylic acids is 1. The highest BCUT2D eigenvalue weighted by molar-refractivity contribution is 5.98. The van der Waals surface area contributed by atoms with Crippen LogP contribution in [0.25, 0.3) is 0 Å². The van der Waals surface area contributed by atoms with Gasteiger partial charge in [-0.1, -0.05) is 12.1 Å². The molecule has 0 radical (unpaired) electrons. The number of nitrogens with zero attached hydrogens (tertiary/aromatic N) is 1. The second kappa shape index (κ2) is 4.23. The van der Waals surface area contributed by atoms with Crippen LogP contribution in [0.2, 0.25) is 0 Å². The van der Waals surface area contributed by atoms with Gasteiger partial charge < -0.3 is 16.0 Å². The van der Waals surface area contributed by atoms with E-state index in [9.17, 15) is 4.79 Å². The minimum absolute atomic E-state index is 0.0553. The number of nitrogens with one attached hydrogen (secondary N) is 1. The van der Waals surface area contributed by atoms with Crippen LogP contribution in [0.4, 0.5) is 5.69 Å². The Kier molecular flexibility index (Phi) is 2.78. The van der Waals surface area contributed by atoms with Crippen LogP contribution < -0.4 is 16.0 Å². The molecule has 102 valence electrons. The van der Waals surface area contributed by atoms with Crippen molar-refractivity contribution in [3.8, 4) is 0 Å². The number of fused-ring (bicyclic) bond motifs is 1. The average molecular weight is 259 g/mol. The van der Waals surface area contributed by atoms with Gasteiger partial charge in [-0.05, 0) is 37.8 Å². The Hall–Kier alpha value is -1.55. The summed E-state index contributed by atoms with van der Waals surface area (Å²) in [5.41, 5.74) is 7.17. The van der Waals surface area contributed by atoms with E-state index in [1.165, 1.54) is 0 Å². The number of para-hydroxylation sites is 1. The zero-order chi connectivity index (χ0) is 13.6. The Balaban J connectivity index is 2.01. The Morgan fingerprint density at radius 2 is 2.11 bits per heavy atom. The molecule has 2 aliphatic heterocycles. The molecule has 19 heavy (non-hydrogen) atoms. The lowest BCUT2D eigenvalue weighted by molar-refractivity contribution is 0.100. The van der Waals surface area contributed by atoms with Crippen LogP contribution in [0.5, 0.6) is 0 Å². The van der Waals surface area contributed by atoms with Crippen molar-refractivity contribution in [2.75, 3.05) is 24.5 Å². The van der Waals surface area contributed by atoms with Crippen molar-refractivity contribution in [3.63, 3.8) is 0 Å². The number of benzene rings is 1. The largest absolute Gasteiger partial charge is 0.366 e. The second-order valence-corrected chi connectivity index (χ2v) is 6.17. The number of nitrogens with two attached hydrogens (primary N) is 1. The van der Waals surface area contributed by atoms with E-state index in [0.717, 1.165) is 25.3 Å². The maximum absolute atomic E-state index is 11.6. The maximum Gasteiger partial charge on any atom is 0.250 e. The third-order valence-electron chi connectivity index (χ3n) is 4.82. The maximum atomic E-state index is 11.6. The molecular formula is C15H21N3O. The Labute approximate surface area is 114 Å². The number of carbonyl (C=O) groups is 1. The van der Waals surface area contributed by atoms with E-state index in [1.54, 1.807) is 0 Å². The molecule has 4 nitrogen and oxygen atoms in total. The third kappa shape index (κ3) is 1.82. The van der Waals surface area contributed by atoms with Crippen molar-refractivity contribution in [2.24, 2.45) is 17.6 Å². The molecule has 0 spiro atoms. The number of hydrogen-bond donors (Lipinski definition) is 2. The van der Waals surface area contributed by atoms with E-state index in [1.807, 2.05) is 24.3 Å². The van der Waals surface area contributed by atoms with Gasteiger partial charge in [0.1, 0.15) is 0 Å². The fourth-order valence-electron chi connectivity index (χ4n) is 3.75. The molecule has 2 fully saturated rings. The van der Waals surface area contributed by atoms with Gasteiger partial charge in [0.2, 0.25) is 0 Å². The van der Waals surface area contributed by atoms with Gasteiger partial charge in [0.05, 0.1) is 5.56 Å². The van der Waals surface area contributed by atoms with Crippen LogP contribution in [0.1, 0.15) is 24.2 Å². The summed E-state index contributed by atoms with van der Waals surface area (Å²) >= 11 is 0. The van der Waals surface area contributed by atoms with Crippen molar-refractivity contribution in [1.29, 1.82) is 0 Å². The van der Waals surface area contributed by atoms with Gasteiger partial charge in [0.25, 0.3) is 5.91 Å². The van der Waals surface area contributed by atoms with Gasteiger partial charge in [-0.2, -0.15) is 0 Å². The van der Waals surface area contributed by atoms with Crippen molar-refractivity contribution >= 4 is 11.6 Å². The zero-order valence-electron chi connectivity index (χ0n) is 11.5.